The zero-order valence-corrected chi connectivity index (χ0v) is 14.1. The SMILES string of the molecule is COCCNC(N)=NCC(C)(C)CC(C)C.I. The summed E-state index contributed by atoms with van der Waals surface area (Å²) in [6.07, 6.45) is 1.15. The normalized spacial score (nSPS) is 12.5. The maximum Gasteiger partial charge on any atom is 0.188 e. The average Bonchev–Trinajstić information content (AvgIpc) is 2.13. The van der Waals surface area contributed by atoms with E-state index in [4.69, 9.17) is 10.5 Å². The average molecular weight is 357 g/mol. The number of hydrogen-bond acceptors (Lipinski definition) is 2. The lowest BCUT2D eigenvalue weighted by Crippen LogP contribution is -2.35. The molecule has 0 aromatic carbocycles. The molecule has 0 unspecified atom stereocenters. The molecule has 17 heavy (non-hydrogen) atoms. The van der Waals surface area contributed by atoms with Crippen LogP contribution in [0.15, 0.2) is 4.99 Å². The predicted octanol–water partition coefficient (Wildman–Crippen LogP) is 2.23. The van der Waals surface area contributed by atoms with Gasteiger partial charge in [0.05, 0.1) is 6.61 Å². The first-order valence-electron chi connectivity index (χ1n) is 5.90. The third kappa shape index (κ3) is 12.2. The van der Waals surface area contributed by atoms with Gasteiger partial charge in [0.25, 0.3) is 0 Å². The van der Waals surface area contributed by atoms with E-state index in [9.17, 15) is 0 Å². The number of hydrogen-bond donors (Lipinski definition) is 2. The maximum atomic E-state index is 5.74. The van der Waals surface area contributed by atoms with E-state index in [1.165, 1.54) is 0 Å². The van der Waals surface area contributed by atoms with E-state index in [-0.39, 0.29) is 29.4 Å². The minimum absolute atomic E-state index is 0. The Morgan fingerprint density at radius 2 is 2.00 bits per heavy atom. The number of nitrogens with two attached hydrogens (primary N) is 1. The predicted molar refractivity (Wildman–Crippen MR) is 85.0 cm³/mol. The van der Waals surface area contributed by atoms with E-state index in [2.05, 4.69) is 38.0 Å². The van der Waals surface area contributed by atoms with Crippen LogP contribution in [0.25, 0.3) is 0 Å². The van der Waals surface area contributed by atoms with Crippen molar-refractivity contribution in [3.05, 3.63) is 0 Å². The first-order chi connectivity index (χ1) is 7.37. The lowest BCUT2D eigenvalue weighted by Gasteiger charge is -2.24. The lowest BCUT2D eigenvalue weighted by atomic mass is 9.84. The van der Waals surface area contributed by atoms with Gasteiger partial charge in [-0.1, -0.05) is 27.7 Å². The molecule has 0 aliphatic carbocycles. The molecule has 0 heterocycles. The highest BCUT2D eigenvalue weighted by Crippen LogP contribution is 2.25. The first kappa shape index (κ1) is 19.3. The van der Waals surface area contributed by atoms with E-state index in [0.29, 0.717) is 25.0 Å². The Labute approximate surface area is 123 Å². The summed E-state index contributed by atoms with van der Waals surface area (Å²) in [6.45, 7) is 11.0. The molecule has 0 aromatic rings. The number of nitrogens with zero attached hydrogens (tertiary/aromatic N) is 1. The molecule has 104 valence electrons. The van der Waals surface area contributed by atoms with Gasteiger partial charge in [-0.25, -0.2) is 0 Å². The van der Waals surface area contributed by atoms with Gasteiger partial charge < -0.3 is 15.8 Å². The van der Waals surface area contributed by atoms with Gasteiger partial charge in [-0.05, 0) is 17.8 Å². The van der Waals surface area contributed by atoms with Crippen LogP contribution in [0, 0.1) is 11.3 Å². The molecule has 3 N–H and O–H groups in total. The molecular formula is C12H28IN3O. The van der Waals surface area contributed by atoms with Crippen molar-refractivity contribution in [2.24, 2.45) is 22.1 Å². The van der Waals surface area contributed by atoms with Gasteiger partial charge in [-0.3, -0.25) is 4.99 Å². The maximum absolute atomic E-state index is 5.74. The number of guanidine groups is 1. The summed E-state index contributed by atoms with van der Waals surface area (Å²) in [4.78, 5) is 4.35. The second-order valence-electron chi connectivity index (χ2n) is 5.38. The summed E-state index contributed by atoms with van der Waals surface area (Å²) in [7, 11) is 1.67. The number of aliphatic imine (C=N–C) groups is 1. The van der Waals surface area contributed by atoms with Crippen molar-refractivity contribution >= 4 is 29.9 Å². The molecule has 0 radical (unpaired) electrons. The molecule has 0 saturated carbocycles. The highest BCUT2D eigenvalue weighted by molar-refractivity contribution is 14.0. The van der Waals surface area contributed by atoms with Crippen LogP contribution in [0.5, 0.6) is 0 Å². The number of halogens is 1. The van der Waals surface area contributed by atoms with Crippen LogP contribution in [-0.4, -0.2) is 32.8 Å². The number of methoxy groups -OCH3 is 1. The van der Waals surface area contributed by atoms with Gasteiger partial charge in [0.1, 0.15) is 0 Å². The van der Waals surface area contributed by atoms with Crippen molar-refractivity contribution in [3.63, 3.8) is 0 Å². The third-order valence-corrected chi connectivity index (χ3v) is 2.25. The van der Waals surface area contributed by atoms with Crippen molar-refractivity contribution in [1.29, 1.82) is 0 Å². The summed E-state index contributed by atoms with van der Waals surface area (Å²) in [5.74, 6) is 1.20. The quantitative estimate of drug-likeness (QED) is 0.318. The smallest absolute Gasteiger partial charge is 0.188 e. The van der Waals surface area contributed by atoms with Gasteiger partial charge >= 0.3 is 0 Å². The van der Waals surface area contributed by atoms with E-state index in [0.717, 1.165) is 13.0 Å². The van der Waals surface area contributed by atoms with E-state index in [1.54, 1.807) is 7.11 Å². The van der Waals surface area contributed by atoms with E-state index in [1.807, 2.05) is 0 Å². The first-order valence-corrected chi connectivity index (χ1v) is 5.90. The molecule has 0 amide bonds. The van der Waals surface area contributed by atoms with Crippen LogP contribution in [-0.2, 0) is 4.74 Å². The standard InChI is InChI=1S/C12H27N3O.HI/c1-10(2)8-12(3,4)9-15-11(13)14-6-7-16-5;/h10H,6-9H2,1-5H3,(H3,13,14,15);1H. The summed E-state index contributed by atoms with van der Waals surface area (Å²) >= 11 is 0. The fraction of sp³-hybridized carbons (Fsp3) is 0.917. The molecule has 0 aliphatic rings. The van der Waals surface area contributed by atoms with Gasteiger partial charge in [-0.2, -0.15) is 0 Å². The topological polar surface area (TPSA) is 59.6 Å². The minimum Gasteiger partial charge on any atom is -0.383 e. The van der Waals surface area contributed by atoms with Crippen molar-refractivity contribution in [2.45, 2.75) is 34.1 Å². The molecule has 0 rings (SSSR count). The fourth-order valence-corrected chi connectivity index (χ4v) is 1.81. The minimum atomic E-state index is 0. The van der Waals surface area contributed by atoms with Crippen molar-refractivity contribution in [3.8, 4) is 0 Å². The molecule has 5 heteroatoms. The van der Waals surface area contributed by atoms with Gasteiger partial charge in [0.2, 0.25) is 0 Å². The molecule has 0 fully saturated rings. The Morgan fingerprint density at radius 1 is 1.41 bits per heavy atom. The summed E-state index contributed by atoms with van der Waals surface area (Å²) in [5, 5.41) is 3.01. The second kappa shape index (κ2) is 9.94. The van der Waals surface area contributed by atoms with Crippen LogP contribution in [0.1, 0.15) is 34.1 Å². The van der Waals surface area contributed by atoms with Crippen molar-refractivity contribution in [2.75, 3.05) is 26.8 Å². The largest absolute Gasteiger partial charge is 0.383 e. The van der Waals surface area contributed by atoms with Gasteiger partial charge in [0, 0.05) is 20.2 Å². The van der Waals surface area contributed by atoms with E-state index >= 15 is 0 Å². The van der Waals surface area contributed by atoms with Crippen molar-refractivity contribution in [1.82, 2.24) is 5.32 Å². The second-order valence-corrected chi connectivity index (χ2v) is 5.38. The lowest BCUT2D eigenvalue weighted by molar-refractivity contribution is 0.204. The number of nitrogens with one attached hydrogen (secondary N) is 1. The Balaban J connectivity index is 0. The monoisotopic (exact) mass is 357 g/mol. The van der Waals surface area contributed by atoms with Crippen LogP contribution in [0.4, 0.5) is 0 Å². The summed E-state index contributed by atoms with van der Waals surface area (Å²) in [5.41, 5.74) is 5.95. The van der Waals surface area contributed by atoms with E-state index < -0.39 is 0 Å². The highest BCUT2D eigenvalue weighted by Gasteiger charge is 2.18. The van der Waals surface area contributed by atoms with Crippen LogP contribution in [0.2, 0.25) is 0 Å². The van der Waals surface area contributed by atoms with Crippen molar-refractivity contribution < 1.29 is 4.74 Å². The molecular weight excluding hydrogens is 329 g/mol. The molecule has 0 spiro atoms. The Hall–Kier alpha value is -0.0400. The Bertz CT molecular complexity index is 218. The zero-order chi connectivity index (χ0) is 12.6. The molecule has 0 aliphatic heterocycles. The van der Waals surface area contributed by atoms with Gasteiger partial charge in [-0.15, -0.1) is 24.0 Å². The summed E-state index contributed by atoms with van der Waals surface area (Å²) < 4.78 is 4.92. The number of rotatable bonds is 7. The fourth-order valence-electron chi connectivity index (χ4n) is 1.81. The number of ether oxygens (including phenoxy) is 1. The van der Waals surface area contributed by atoms with Crippen LogP contribution in [0.3, 0.4) is 0 Å². The summed E-state index contributed by atoms with van der Waals surface area (Å²) in [6, 6.07) is 0. The van der Waals surface area contributed by atoms with Gasteiger partial charge in [0.15, 0.2) is 5.96 Å². The Morgan fingerprint density at radius 3 is 2.47 bits per heavy atom. The molecule has 4 nitrogen and oxygen atoms in total. The zero-order valence-electron chi connectivity index (χ0n) is 11.7. The molecule has 0 bridgehead atoms. The van der Waals surface area contributed by atoms with Crippen LogP contribution < -0.4 is 11.1 Å². The molecule has 0 atom stereocenters. The third-order valence-electron chi connectivity index (χ3n) is 2.25. The molecule has 0 saturated heterocycles. The molecule has 0 aromatic heterocycles. The Kier molecular flexibility index (Phi) is 11.3. The van der Waals surface area contributed by atoms with Crippen LogP contribution >= 0.6 is 24.0 Å². The highest BCUT2D eigenvalue weighted by atomic mass is 127.